The molecule has 0 aliphatic heterocycles. The summed E-state index contributed by atoms with van der Waals surface area (Å²) in [7, 11) is 1.60. The van der Waals surface area contributed by atoms with Crippen molar-refractivity contribution in [2.75, 3.05) is 7.11 Å². The number of hydrogen-bond acceptors (Lipinski definition) is 2. The van der Waals surface area contributed by atoms with Crippen LogP contribution in [-0.4, -0.2) is 12.2 Å². The van der Waals surface area contributed by atoms with Crippen molar-refractivity contribution in [1.82, 2.24) is 0 Å². The van der Waals surface area contributed by atoms with Gasteiger partial charge in [0, 0.05) is 11.1 Å². The quantitative estimate of drug-likeness (QED) is 0.730. The van der Waals surface area contributed by atoms with Crippen LogP contribution < -0.4 is 4.74 Å². The fourth-order valence-corrected chi connectivity index (χ4v) is 2.70. The molecule has 0 aromatic heterocycles. The number of benzene rings is 3. The number of rotatable bonds is 4. The third-order valence-corrected chi connectivity index (χ3v) is 4.13. The van der Waals surface area contributed by atoms with E-state index < -0.39 is 5.60 Å². The maximum atomic E-state index is 11.0. The summed E-state index contributed by atoms with van der Waals surface area (Å²) in [5.74, 6) is 3.24. The van der Waals surface area contributed by atoms with E-state index in [1.807, 2.05) is 54.6 Å². The molecule has 0 fully saturated rings. The van der Waals surface area contributed by atoms with E-state index in [4.69, 9.17) is 11.2 Å². The molecule has 2 nitrogen and oxygen atoms in total. The van der Waals surface area contributed by atoms with Crippen molar-refractivity contribution in [3.63, 3.8) is 0 Å². The van der Waals surface area contributed by atoms with Gasteiger partial charge in [-0.2, -0.15) is 0 Å². The van der Waals surface area contributed by atoms with Gasteiger partial charge in [0.1, 0.15) is 5.75 Å². The van der Waals surface area contributed by atoms with Crippen molar-refractivity contribution in [3.05, 3.63) is 90.0 Å². The third kappa shape index (κ3) is 2.90. The normalized spacial score (nSPS) is 12.9. The molecule has 3 aromatic carbocycles. The second kappa shape index (κ2) is 6.62. The Kier molecular flexibility index (Phi) is 4.37. The van der Waals surface area contributed by atoms with Crippen molar-refractivity contribution < 1.29 is 9.84 Å². The molecule has 1 unspecified atom stereocenters. The number of hydrogen-bond donors (Lipinski definition) is 1. The van der Waals surface area contributed by atoms with E-state index in [0.717, 1.165) is 16.9 Å². The van der Waals surface area contributed by atoms with Crippen LogP contribution >= 0.6 is 0 Å². The number of aliphatic hydroxyl groups is 1. The highest BCUT2D eigenvalue weighted by Crippen LogP contribution is 2.31. The van der Waals surface area contributed by atoms with Gasteiger partial charge in [-0.3, -0.25) is 0 Å². The lowest BCUT2D eigenvalue weighted by molar-refractivity contribution is 0.145. The van der Waals surface area contributed by atoms with Gasteiger partial charge < -0.3 is 9.84 Å². The lowest BCUT2D eigenvalue weighted by Gasteiger charge is -2.24. The van der Waals surface area contributed by atoms with Crippen LogP contribution in [0.3, 0.4) is 0 Å². The van der Waals surface area contributed by atoms with E-state index >= 15 is 0 Å². The Hall–Kier alpha value is -3.02. The molecule has 0 amide bonds. The van der Waals surface area contributed by atoms with Crippen LogP contribution in [0, 0.1) is 12.3 Å². The minimum atomic E-state index is -1.47. The highest BCUT2D eigenvalue weighted by molar-refractivity contribution is 5.64. The molecule has 0 aliphatic rings. The molecular formula is C22H18O2. The molecule has 1 atom stereocenters. The van der Waals surface area contributed by atoms with Crippen molar-refractivity contribution in [1.29, 1.82) is 0 Å². The Morgan fingerprint density at radius 1 is 0.792 bits per heavy atom. The zero-order chi connectivity index (χ0) is 17.0. The maximum Gasteiger partial charge on any atom is 0.176 e. The Bertz CT molecular complexity index is 843. The lowest BCUT2D eigenvalue weighted by Crippen LogP contribution is -2.24. The fraction of sp³-hybridized carbons (Fsp3) is 0.0909. The molecule has 118 valence electrons. The first-order valence-electron chi connectivity index (χ1n) is 7.68. The number of methoxy groups -OCH3 is 1. The van der Waals surface area contributed by atoms with Crippen LogP contribution in [0.15, 0.2) is 78.9 Å². The van der Waals surface area contributed by atoms with Gasteiger partial charge in [-0.25, -0.2) is 0 Å². The molecule has 0 bridgehead atoms. The Morgan fingerprint density at radius 3 is 1.79 bits per heavy atom. The van der Waals surface area contributed by atoms with Gasteiger partial charge in [0.05, 0.1) is 7.11 Å². The van der Waals surface area contributed by atoms with Crippen LogP contribution in [0.1, 0.15) is 11.1 Å². The van der Waals surface area contributed by atoms with Crippen LogP contribution in [-0.2, 0) is 5.60 Å². The number of ether oxygens (including phenoxy) is 1. The van der Waals surface area contributed by atoms with Gasteiger partial charge in [-0.15, -0.1) is 6.42 Å². The van der Waals surface area contributed by atoms with Gasteiger partial charge in [0.25, 0.3) is 0 Å². The fourth-order valence-electron chi connectivity index (χ4n) is 2.70. The first kappa shape index (κ1) is 15.9. The topological polar surface area (TPSA) is 29.5 Å². The van der Waals surface area contributed by atoms with Crippen LogP contribution in [0.5, 0.6) is 5.75 Å². The number of terminal acetylenes is 1. The largest absolute Gasteiger partial charge is 0.497 e. The summed E-state index contributed by atoms with van der Waals surface area (Å²) in [4.78, 5) is 0. The van der Waals surface area contributed by atoms with Crippen molar-refractivity contribution in [3.8, 4) is 29.2 Å². The molecule has 3 rings (SSSR count). The highest BCUT2D eigenvalue weighted by Gasteiger charge is 2.29. The molecule has 24 heavy (non-hydrogen) atoms. The Labute approximate surface area is 142 Å². The summed E-state index contributed by atoms with van der Waals surface area (Å²) in [6.07, 6.45) is 5.66. The zero-order valence-electron chi connectivity index (χ0n) is 13.4. The molecule has 0 saturated carbocycles. The summed E-state index contributed by atoms with van der Waals surface area (Å²) in [5, 5.41) is 11.0. The minimum Gasteiger partial charge on any atom is -0.497 e. The van der Waals surface area contributed by atoms with Crippen molar-refractivity contribution in [2.24, 2.45) is 0 Å². The summed E-state index contributed by atoms with van der Waals surface area (Å²) in [6.45, 7) is 0. The van der Waals surface area contributed by atoms with E-state index in [0.29, 0.717) is 11.1 Å². The second-order valence-corrected chi connectivity index (χ2v) is 5.53. The summed E-state index contributed by atoms with van der Waals surface area (Å²) >= 11 is 0. The van der Waals surface area contributed by atoms with E-state index in [2.05, 4.69) is 5.92 Å². The smallest absolute Gasteiger partial charge is 0.176 e. The molecule has 3 aromatic rings. The van der Waals surface area contributed by atoms with E-state index in [1.165, 1.54) is 0 Å². The first-order valence-corrected chi connectivity index (χ1v) is 7.68. The summed E-state index contributed by atoms with van der Waals surface area (Å²) < 4.78 is 5.15. The molecule has 0 heterocycles. The van der Waals surface area contributed by atoms with Gasteiger partial charge in [0.15, 0.2) is 5.60 Å². The summed E-state index contributed by atoms with van der Waals surface area (Å²) in [6, 6.07) is 24.9. The first-order chi connectivity index (χ1) is 11.7. The van der Waals surface area contributed by atoms with E-state index in [9.17, 15) is 5.11 Å². The van der Waals surface area contributed by atoms with Crippen molar-refractivity contribution >= 4 is 0 Å². The minimum absolute atomic E-state index is 0.637. The molecule has 1 N–H and O–H groups in total. The molecule has 0 spiro atoms. The predicted octanol–water partition coefficient (Wildman–Crippen LogP) is 4.23. The summed E-state index contributed by atoms with van der Waals surface area (Å²) in [5.41, 5.74) is 2.03. The van der Waals surface area contributed by atoms with Crippen LogP contribution in [0.2, 0.25) is 0 Å². The highest BCUT2D eigenvalue weighted by atomic mass is 16.5. The third-order valence-electron chi connectivity index (χ3n) is 4.13. The Balaban J connectivity index is 1.97. The Morgan fingerprint density at radius 2 is 1.29 bits per heavy atom. The van der Waals surface area contributed by atoms with Crippen molar-refractivity contribution in [2.45, 2.75) is 5.60 Å². The zero-order valence-corrected chi connectivity index (χ0v) is 13.4. The van der Waals surface area contributed by atoms with Gasteiger partial charge >= 0.3 is 0 Å². The van der Waals surface area contributed by atoms with E-state index in [-0.39, 0.29) is 0 Å². The van der Waals surface area contributed by atoms with Crippen LogP contribution in [0.4, 0.5) is 0 Å². The standard InChI is InChI=1S/C22H18O2/c1-3-22(23,20-13-15-21(24-2)16-14-20)19-11-9-18(10-12-19)17-7-5-4-6-8-17/h1,4-16,23H,2H3. The molecule has 0 radical (unpaired) electrons. The molecular weight excluding hydrogens is 296 g/mol. The van der Waals surface area contributed by atoms with Gasteiger partial charge in [-0.05, 0) is 23.3 Å². The van der Waals surface area contributed by atoms with E-state index in [1.54, 1.807) is 31.4 Å². The molecule has 2 heteroatoms. The maximum absolute atomic E-state index is 11.0. The van der Waals surface area contributed by atoms with Gasteiger partial charge in [-0.1, -0.05) is 72.7 Å². The second-order valence-electron chi connectivity index (χ2n) is 5.53. The van der Waals surface area contributed by atoms with Crippen LogP contribution in [0.25, 0.3) is 11.1 Å². The lowest BCUT2D eigenvalue weighted by atomic mass is 9.86. The monoisotopic (exact) mass is 314 g/mol. The molecule has 0 aliphatic carbocycles. The van der Waals surface area contributed by atoms with Gasteiger partial charge in [0.2, 0.25) is 0 Å². The average Bonchev–Trinajstić information content (AvgIpc) is 2.68. The molecule has 0 saturated heterocycles. The average molecular weight is 314 g/mol. The predicted molar refractivity (Wildman–Crippen MR) is 96.7 cm³/mol. The SMILES string of the molecule is C#CC(O)(c1ccc(OC)cc1)c1ccc(-c2ccccc2)cc1.